The van der Waals surface area contributed by atoms with Gasteiger partial charge in [0, 0.05) is 12.6 Å². The lowest BCUT2D eigenvalue weighted by Gasteiger charge is -2.28. The molecule has 7 nitrogen and oxygen atoms in total. The van der Waals surface area contributed by atoms with E-state index < -0.39 is 5.97 Å². The summed E-state index contributed by atoms with van der Waals surface area (Å²) in [4.78, 5) is 11.1. The highest BCUT2D eigenvalue weighted by atomic mass is 16.6. The second-order valence-corrected chi connectivity index (χ2v) is 4.96. The summed E-state index contributed by atoms with van der Waals surface area (Å²) in [6, 6.07) is 6.99. The number of methoxy groups -OCH3 is 1. The quantitative estimate of drug-likeness (QED) is 0.903. The maximum absolute atomic E-state index is 11.1. The minimum Gasteiger partial charge on any atom is -0.493 e. The fourth-order valence-corrected chi connectivity index (χ4v) is 2.27. The third kappa shape index (κ3) is 2.50. The first-order valence-corrected chi connectivity index (χ1v) is 6.79. The van der Waals surface area contributed by atoms with Gasteiger partial charge in [-0.15, -0.1) is 0 Å². The monoisotopic (exact) mass is 304 g/mol. The zero-order chi connectivity index (χ0) is 15.7. The van der Waals surface area contributed by atoms with Gasteiger partial charge in [0.05, 0.1) is 26.0 Å². The second-order valence-electron chi connectivity index (χ2n) is 4.96. The van der Waals surface area contributed by atoms with Gasteiger partial charge in [0.1, 0.15) is 6.10 Å². The molecule has 3 rings (SSSR count). The maximum atomic E-state index is 11.1. The molecule has 0 radical (unpaired) electrons. The Balaban J connectivity index is 2.07. The summed E-state index contributed by atoms with van der Waals surface area (Å²) in [6.07, 6.45) is -0.0257. The lowest BCUT2D eigenvalue weighted by molar-refractivity contribution is -0.0801. The molecule has 7 heteroatoms. The van der Waals surface area contributed by atoms with E-state index in [-0.39, 0.29) is 11.8 Å². The van der Waals surface area contributed by atoms with Crippen molar-refractivity contribution in [1.29, 1.82) is 0 Å². The zero-order valence-corrected chi connectivity index (χ0v) is 12.3. The molecule has 1 aliphatic heterocycles. The Morgan fingerprint density at radius 2 is 2.23 bits per heavy atom. The number of hydrogen-bond donors (Lipinski definition) is 1. The molecule has 1 aliphatic rings. The molecule has 0 spiro atoms. The molecule has 2 aromatic rings. The lowest BCUT2D eigenvalue weighted by Crippen LogP contribution is -2.38. The molecule has 22 heavy (non-hydrogen) atoms. The average Bonchev–Trinajstić information content (AvgIpc) is 2.84. The number of carboxylic acid groups (broad SMARTS) is 1. The standard InChI is InChI=1S/C15H16N2O5/c1-17-12(6-11(16-17)15(18)19)10-4-3-5-13(20-2)14(10)22-9-7-21-8-9/h3-6,9H,7-8H2,1-2H3,(H,18,19). The molecule has 1 aromatic heterocycles. The Bertz CT molecular complexity index is 706. The van der Waals surface area contributed by atoms with E-state index in [1.807, 2.05) is 12.1 Å². The summed E-state index contributed by atoms with van der Waals surface area (Å²) in [6.45, 7) is 1.06. The van der Waals surface area contributed by atoms with Gasteiger partial charge in [-0.05, 0) is 18.2 Å². The molecule has 0 unspecified atom stereocenters. The SMILES string of the molecule is COc1cccc(-c2cc(C(=O)O)nn2C)c1OC1COC1. The number of nitrogens with zero attached hydrogens (tertiary/aromatic N) is 2. The number of carbonyl (C=O) groups is 1. The van der Waals surface area contributed by atoms with Crippen molar-refractivity contribution in [3.63, 3.8) is 0 Å². The molecule has 1 saturated heterocycles. The Hall–Kier alpha value is -2.54. The summed E-state index contributed by atoms with van der Waals surface area (Å²) in [7, 11) is 3.26. The number of para-hydroxylation sites is 1. The highest BCUT2D eigenvalue weighted by Crippen LogP contribution is 2.39. The van der Waals surface area contributed by atoms with E-state index in [4.69, 9.17) is 19.3 Å². The molecule has 0 bridgehead atoms. The number of benzene rings is 1. The van der Waals surface area contributed by atoms with Crippen molar-refractivity contribution in [2.45, 2.75) is 6.10 Å². The first kappa shape index (κ1) is 14.4. The van der Waals surface area contributed by atoms with Crippen molar-refractivity contribution in [2.24, 2.45) is 7.05 Å². The molecular weight excluding hydrogens is 288 g/mol. The molecule has 0 aliphatic carbocycles. The summed E-state index contributed by atoms with van der Waals surface area (Å²) >= 11 is 0. The smallest absolute Gasteiger partial charge is 0.356 e. The second kappa shape index (κ2) is 5.69. The zero-order valence-electron chi connectivity index (χ0n) is 12.3. The van der Waals surface area contributed by atoms with Crippen LogP contribution in [0.3, 0.4) is 0 Å². The molecule has 1 N–H and O–H groups in total. The topological polar surface area (TPSA) is 82.8 Å². The van der Waals surface area contributed by atoms with Crippen molar-refractivity contribution in [2.75, 3.05) is 20.3 Å². The molecular formula is C15H16N2O5. The summed E-state index contributed by atoms with van der Waals surface area (Å²) < 4.78 is 17.9. The number of aromatic carboxylic acids is 1. The predicted molar refractivity (Wildman–Crippen MR) is 77.4 cm³/mol. The van der Waals surface area contributed by atoms with Crippen LogP contribution in [0.2, 0.25) is 0 Å². The van der Waals surface area contributed by atoms with Gasteiger partial charge >= 0.3 is 5.97 Å². The third-order valence-electron chi connectivity index (χ3n) is 3.47. The highest BCUT2D eigenvalue weighted by molar-refractivity contribution is 5.87. The minimum absolute atomic E-state index is 0.0155. The molecule has 1 aromatic carbocycles. The minimum atomic E-state index is -1.07. The average molecular weight is 304 g/mol. The van der Waals surface area contributed by atoms with Gasteiger partial charge in [-0.2, -0.15) is 5.10 Å². The maximum Gasteiger partial charge on any atom is 0.356 e. The van der Waals surface area contributed by atoms with Crippen molar-refractivity contribution in [3.05, 3.63) is 30.0 Å². The first-order chi connectivity index (χ1) is 10.6. The van der Waals surface area contributed by atoms with E-state index in [1.54, 1.807) is 20.2 Å². The van der Waals surface area contributed by atoms with E-state index in [1.165, 1.54) is 10.7 Å². The van der Waals surface area contributed by atoms with Gasteiger partial charge in [-0.25, -0.2) is 4.79 Å². The van der Waals surface area contributed by atoms with Crippen LogP contribution in [0.4, 0.5) is 0 Å². The van der Waals surface area contributed by atoms with Crippen molar-refractivity contribution < 1.29 is 24.1 Å². The van der Waals surface area contributed by atoms with Crippen molar-refractivity contribution >= 4 is 5.97 Å². The van der Waals surface area contributed by atoms with Crippen molar-refractivity contribution in [1.82, 2.24) is 9.78 Å². The Kier molecular flexibility index (Phi) is 3.72. The fraction of sp³-hybridized carbons (Fsp3) is 0.333. The van der Waals surface area contributed by atoms with Gasteiger partial charge in [-0.1, -0.05) is 6.07 Å². The normalized spacial score (nSPS) is 14.5. The number of ether oxygens (including phenoxy) is 3. The van der Waals surface area contributed by atoms with E-state index in [9.17, 15) is 4.79 Å². The summed E-state index contributed by atoms with van der Waals surface area (Å²) in [5.74, 6) is 0.0836. The van der Waals surface area contributed by atoms with Crippen LogP contribution in [-0.2, 0) is 11.8 Å². The van der Waals surface area contributed by atoms with Crippen LogP contribution in [0.1, 0.15) is 10.5 Å². The molecule has 116 valence electrons. The Labute approximate surface area is 127 Å². The van der Waals surface area contributed by atoms with Crippen LogP contribution in [0.5, 0.6) is 11.5 Å². The number of carboxylic acids is 1. The Morgan fingerprint density at radius 3 is 2.77 bits per heavy atom. The van der Waals surface area contributed by atoms with Gasteiger partial charge in [0.15, 0.2) is 17.2 Å². The van der Waals surface area contributed by atoms with Gasteiger partial charge in [-0.3, -0.25) is 4.68 Å². The summed E-state index contributed by atoms with van der Waals surface area (Å²) in [5, 5.41) is 13.1. The van der Waals surface area contributed by atoms with E-state index in [0.717, 1.165) is 5.56 Å². The van der Waals surface area contributed by atoms with Gasteiger partial charge in [0.2, 0.25) is 0 Å². The first-order valence-electron chi connectivity index (χ1n) is 6.79. The van der Waals surface area contributed by atoms with Crippen LogP contribution in [0.25, 0.3) is 11.3 Å². The number of rotatable bonds is 5. The molecule has 0 saturated carbocycles. The van der Waals surface area contributed by atoms with Crippen molar-refractivity contribution in [3.8, 4) is 22.8 Å². The highest BCUT2D eigenvalue weighted by Gasteiger charge is 2.25. The molecule has 2 heterocycles. The van der Waals surface area contributed by atoms with E-state index in [0.29, 0.717) is 30.4 Å². The molecule has 0 amide bonds. The van der Waals surface area contributed by atoms with Crippen LogP contribution < -0.4 is 9.47 Å². The van der Waals surface area contributed by atoms with E-state index >= 15 is 0 Å². The van der Waals surface area contributed by atoms with Crippen LogP contribution in [0.15, 0.2) is 24.3 Å². The van der Waals surface area contributed by atoms with Gasteiger partial charge < -0.3 is 19.3 Å². The Morgan fingerprint density at radius 1 is 1.45 bits per heavy atom. The van der Waals surface area contributed by atoms with Crippen LogP contribution in [-0.4, -0.2) is 47.3 Å². The molecule has 1 fully saturated rings. The lowest BCUT2D eigenvalue weighted by atomic mass is 10.1. The van der Waals surface area contributed by atoms with Crippen LogP contribution in [0, 0.1) is 0 Å². The number of aromatic nitrogens is 2. The number of aryl methyl sites for hydroxylation is 1. The number of hydrogen-bond acceptors (Lipinski definition) is 5. The molecule has 0 atom stereocenters. The van der Waals surface area contributed by atoms with E-state index in [2.05, 4.69) is 5.10 Å². The third-order valence-corrected chi connectivity index (χ3v) is 3.47. The largest absolute Gasteiger partial charge is 0.493 e. The van der Waals surface area contributed by atoms with Crippen LogP contribution >= 0.6 is 0 Å². The summed E-state index contributed by atoms with van der Waals surface area (Å²) in [5.41, 5.74) is 1.36. The van der Waals surface area contributed by atoms with Gasteiger partial charge in [0.25, 0.3) is 0 Å². The predicted octanol–water partition coefficient (Wildman–Crippen LogP) is 1.57. The fourth-order valence-electron chi connectivity index (χ4n) is 2.27.